The molecule has 0 radical (unpaired) electrons. The first kappa shape index (κ1) is 10.8. The highest BCUT2D eigenvalue weighted by atomic mass is 32.2. The van der Waals surface area contributed by atoms with E-state index >= 15 is 0 Å². The molecule has 15 heavy (non-hydrogen) atoms. The second kappa shape index (κ2) is 4.90. The van der Waals surface area contributed by atoms with Gasteiger partial charge in [-0.3, -0.25) is 0 Å². The maximum atomic E-state index is 8.99. The lowest BCUT2D eigenvalue weighted by Gasteiger charge is -2.18. The molecule has 1 unspecified atom stereocenters. The molecule has 82 valence electrons. The first-order valence-corrected chi connectivity index (χ1v) is 6.21. The maximum absolute atomic E-state index is 8.99. The highest BCUT2D eigenvalue weighted by molar-refractivity contribution is 8.00. The van der Waals surface area contributed by atoms with Crippen LogP contribution in [0.4, 0.5) is 0 Å². The molecular weight excluding hydrogens is 208 g/mol. The van der Waals surface area contributed by atoms with Gasteiger partial charge < -0.3 is 9.84 Å². The Kier molecular flexibility index (Phi) is 3.54. The molecular formula is C12H16O2S. The molecule has 1 atom stereocenters. The van der Waals surface area contributed by atoms with Crippen molar-refractivity contribution in [1.29, 1.82) is 0 Å². The topological polar surface area (TPSA) is 29.5 Å². The van der Waals surface area contributed by atoms with Gasteiger partial charge in [-0.15, -0.1) is 11.8 Å². The molecule has 1 aliphatic rings. The number of benzene rings is 1. The van der Waals surface area contributed by atoms with Gasteiger partial charge >= 0.3 is 0 Å². The molecule has 0 aliphatic carbocycles. The monoisotopic (exact) mass is 224 g/mol. The normalized spacial score (nSPS) is 16.7. The molecule has 0 saturated carbocycles. The summed E-state index contributed by atoms with van der Waals surface area (Å²) in [4.78, 5) is 1.22. The van der Waals surface area contributed by atoms with Gasteiger partial charge in [-0.2, -0.15) is 0 Å². The van der Waals surface area contributed by atoms with Crippen molar-refractivity contribution >= 4 is 11.8 Å². The summed E-state index contributed by atoms with van der Waals surface area (Å²) in [6.07, 6.45) is 2.22. The molecule has 3 heteroatoms. The van der Waals surface area contributed by atoms with Crippen molar-refractivity contribution in [2.24, 2.45) is 0 Å². The van der Waals surface area contributed by atoms with E-state index in [1.807, 2.05) is 13.0 Å². The number of hydrogen-bond acceptors (Lipinski definition) is 3. The van der Waals surface area contributed by atoms with E-state index in [4.69, 9.17) is 9.84 Å². The lowest BCUT2D eigenvalue weighted by Crippen LogP contribution is -2.08. The number of rotatable bonds is 3. The average molecular weight is 224 g/mol. The highest BCUT2D eigenvalue weighted by Gasteiger charge is 2.11. The zero-order chi connectivity index (χ0) is 10.7. The smallest absolute Gasteiger partial charge is 0.122 e. The summed E-state index contributed by atoms with van der Waals surface area (Å²) >= 11 is 1.71. The minimum atomic E-state index is 0.220. The summed E-state index contributed by atoms with van der Waals surface area (Å²) in [5, 5.41) is 9.25. The van der Waals surface area contributed by atoms with Crippen LogP contribution < -0.4 is 4.74 Å². The molecule has 0 fully saturated rings. The van der Waals surface area contributed by atoms with Crippen LogP contribution in [0.15, 0.2) is 23.1 Å². The molecule has 2 nitrogen and oxygen atoms in total. The van der Waals surface area contributed by atoms with E-state index in [2.05, 4.69) is 12.1 Å². The minimum Gasteiger partial charge on any atom is -0.493 e. The Morgan fingerprint density at radius 1 is 1.53 bits per heavy atom. The summed E-state index contributed by atoms with van der Waals surface area (Å²) in [5.41, 5.74) is 1.30. The predicted octanol–water partition coefficient (Wildman–Crippen LogP) is 2.48. The van der Waals surface area contributed by atoms with Crippen molar-refractivity contribution in [3.63, 3.8) is 0 Å². The van der Waals surface area contributed by atoms with E-state index in [-0.39, 0.29) is 11.9 Å². The fourth-order valence-electron chi connectivity index (χ4n) is 1.68. The van der Waals surface area contributed by atoms with Crippen LogP contribution in [0, 0.1) is 0 Å². The second-order valence-electron chi connectivity index (χ2n) is 3.83. The molecule has 1 aliphatic heterocycles. The summed E-state index contributed by atoms with van der Waals surface area (Å²) in [6, 6.07) is 6.30. The number of thioether (sulfide) groups is 1. The van der Waals surface area contributed by atoms with Gasteiger partial charge in [0.1, 0.15) is 5.75 Å². The Morgan fingerprint density at radius 3 is 3.20 bits per heavy atom. The molecule has 1 aromatic rings. The van der Waals surface area contributed by atoms with Crippen LogP contribution in [0.25, 0.3) is 0 Å². The van der Waals surface area contributed by atoms with Gasteiger partial charge in [0.05, 0.1) is 13.2 Å². The van der Waals surface area contributed by atoms with E-state index in [0.29, 0.717) is 0 Å². The van der Waals surface area contributed by atoms with Gasteiger partial charge in [-0.05, 0) is 36.6 Å². The van der Waals surface area contributed by atoms with Gasteiger partial charge in [-0.1, -0.05) is 6.92 Å². The number of hydrogen-bond donors (Lipinski definition) is 1. The zero-order valence-corrected chi connectivity index (χ0v) is 9.72. The van der Waals surface area contributed by atoms with Crippen molar-refractivity contribution < 1.29 is 9.84 Å². The van der Waals surface area contributed by atoms with Crippen molar-refractivity contribution in [2.75, 3.05) is 13.2 Å². The van der Waals surface area contributed by atoms with Gasteiger partial charge in [0.2, 0.25) is 0 Å². The summed E-state index contributed by atoms with van der Waals surface area (Å²) in [5.74, 6) is 1.03. The Balaban J connectivity index is 2.13. The van der Waals surface area contributed by atoms with Gasteiger partial charge in [0.15, 0.2) is 0 Å². The van der Waals surface area contributed by atoms with Gasteiger partial charge in [-0.25, -0.2) is 0 Å². The van der Waals surface area contributed by atoms with Crippen LogP contribution in [0.3, 0.4) is 0 Å². The third-order valence-corrected chi connectivity index (χ3v) is 3.55. The highest BCUT2D eigenvalue weighted by Crippen LogP contribution is 2.31. The molecule has 1 heterocycles. The van der Waals surface area contributed by atoms with Crippen molar-refractivity contribution in [3.8, 4) is 5.75 Å². The summed E-state index contributed by atoms with van der Waals surface area (Å²) in [7, 11) is 0. The van der Waals surface area contributed by atoms with Crippen molar-refractivity contribution in [2.45, 2.75) is 29.9 Å². The van der Waals surface area contributed by atoms with Gasteiger partial charge in [0.25, 0.3) is 0 Å². The largest absolute Gasteiger partial charge is 0.493 e. The molecule has 0 spiro atoms. The predicted molar refractivity (Wildman–Crippen MR) is 62.7 cm³/mol. The average Bonchev–Trinajstić information content (AvgIpc) is 2.29. The van der Waals surface area contributed by atoms with Crippen LogP contribution in [-0.4, -0.2) is 23.6 Å². The van der Waals surface area contributed by atoms with Crippen LogP contribution in [0.5, 0.6) is 5.75 Å². The second-order valence-corrected chi connectivity index (χ2v) is 5.34. The van der Waals surface area contributed by atoms with E-state index < -0.39 is 0 Å². The third kappa shape index (κ3) is 2.67. The summed E-state index contributed by atoms with van der Waals surface area (Å²) in [6.45, 7) is 3.09. The Bertz CT molecular complexity index is 338. The Labute approximate surface area is 94.6 Å². The van der Waals surface area contributed by atoms with Crippen LogP contribution in [0.2, 0.25) is 0 Å². The van der Waals surface area contributed by atoms with E-state index in [1.165, 1.54) is 10.5 Å². The molecule has 2 rings (SSSR count). The molecule has 0 saturated heterocycles. The molecule has 0 amide bonds. The number of fused-ring (bicyclic) bond motifs is 1. The van der Waals surface area contributed by atoms with E-state index in [9.17, 15) is 0 Å². The number of aliphatic hydroxyl groups excluding tert-OH is 1. The molecule has 1 N–H and O–H groups in total. The fraction of sp³-hybridized carbons (Fsp3) is 0.500. The van der Waals surface area contributed by atoms with Crippen molar-refractivity contribution in [3.05, 3.63) is 23.8 Å². The lowest BCUT2D eigenvalue weighted by molar-refractivity contribution is 0.288. The zero-order valence-electron chi connectivity index (χ0n) is 8.90. The number of aryl methyl sites for hydroxylation is 1. The van der Waals surface area contributed by atoms with Crippen molar-refractivity contribution in [1.82, 2.24) is 0 Å². The van der Waals surface area contributed by atoms with Gasteiger partial charge in [0, 0.05) is 10.1 Å². The lowest BCUT2D eigenvalue weighted by atomic mass is 10.1. The maximum Gasteiger partial charge on any atom is 0.122 e. The first-order chi connectivity index (χ1) is 7.29. The SMILES string of the molecule is CC(CO)Sc1ccc2c(c1)CCCO2. The van der Waals surface area contributed by atoms with Crippen LogP contribution >= 0.6 is 11.8 Å². The van der Waals surface area contributed by atoms with E-state index in [0.717, 1.165) is 25.2 Å². The molecule has 0 bridgehead atoms. The summed E-state index contributed by atoms with van der Waals surface area (Å²) < 4.78 is 5.55. The first-order valence-electron chi connectivity index (χ1n) is 5.33. The number of ether oxygens (including phenoxy) is 1. The fourth-order valence-corrected chi connectivity index (χ4v) is 2.58. The van der Waals surface area contributed by atoms with Crippen LogP contribution in [0.1, 0.15) is 18.9 Å². The van der Waals surface area contributed by atoms with Crippen LogP contribution in [-0.2, 0) is 6.42 Å². The quantitative estimate of drug-likeness (QED) is 0.800. The Hall–Kier alpha value is -0.670. The molecule has 0 aromatic heterocycles. The Morgan fingerprint density at radius 2 is 2.40 bits per heavy atom. The minimum absolute atomic E-state index is 0.220. The molecule has 1 aromatic carbocycles. The number of aliphatic hydroxyl groups is 1. The van der Waals surface area contributed by atoms with E-state index in [1.54, 1.807) is 11.8 Å². The third-order valence-electron chi connectivity index (χ3n) is 2.47. The standard InChI is InChI=1S/C12H16O2S/c1-9(8-13)15-11-4-5-12-10(7-11)3-2-6-14-12/h4-5,7,9,13H,2-3,6,8H2,1H3.